The number of anilines is 1. The molecule has 5 nitrogen and oxygen atoms in total. The summed E-state index contributed by atoms with van der Waals surface area (Å²) in [6.45, 7) is 17.0. The molecule has 150 valence electrons. The number of likely N-dealkylation sites (tertiary alicyclic amines) is 1. The van der Waals surface area contributed by atoms with Crippen LogP contribution in [0.5, 0.6) is 0 Å². The van der Waals surface area contributed by atoms with Gasteiger partial charge in [0.25, 0.3) is 0 Å². The lowest BCUT2D eigenvalue weighted by atomic mass is 9.79. The summed E-state index contributed by atoms with van der Waals surface area (Å²) in [5.41, 5.74) is 1.62. The highest BCUT2D eigenvalue weighted by Crippen LogP contribution is 2.42. The second kappa shape index (κ2) is 7.75. The third-order valence-electron chi connectivity index (χ3n) is 7.35. The van der Waals surface area contributed by atoms with Crippen molar-refractivity contribution in [3.05, 3.63) is 35.7 Å². The van der Waals surface area contributed by atoms with Gasteiger partial charge in [-0.1, -0.05) is 32.0 Å². The summed E-state index contributed by atoms with van der Waals surface area (Å²) in [5, 5.41) is 0. The molecule has 0 saturated carbocycles. The van der Waals surface area contributed by atoms with Crippen LogP contribution in [0.15, 0.2) is 24.3 Å². The van der Waals surface area contributed by atoms with E-state index in [0.717, 1.165) is 69.8 Å². The molecule has 0 amide bonds. The zero-order valence-electron chi connectivity index (χ0n) is 17.1. The van der Waals surface area contributed by atoms with E-state index >= 15 is 0 Å². The number of hydrogen-bond acceptors (Lipinski definition) is 4. The van der Waals surface area contributed by atoms with Gasteiger partial charge in [0.1, 0.15) is 6.10 Å². The first-order valence-electron chi connectivity index (χ1n) is 10.7. The number of benzene rings is 1. The van der Waals surface area contributed by atoms with Crippen molar-refractivity contribution in [2.45, 2.75) is 45.6 Å². The number of esters is 1. The monoisotopic (exact) mass is 381 g/mol. The van der Waals surface area contributed by atoms with E-state index in [-0.39, 0.29) is 17.5 Å². The second-order valence-corrected chi connectivity index (χ2v) is 8.79. The summed E-state index contributed by atoms with van der Waals surface area (Å²) in [4.78, 5) is 20.9. The van der Waals surface area contributed by atoms with E-state index in [4.69, 9.17) is 11.3 Å². The minimum Gasteiger partial charge on any atom is -0.462 e. The van der Waals surface area contributed by atoms with E-state index in [0.29, 0.717) is 11.8 Å². The Morgan fingerprint density at radius 2 is 1.82 bits per heavy atom. The minimum atomic E-state index is -0.233. The van der Waals surface area contributed by atoms with Gasteiger partial charge in [0.15, 0.2) is 0 Å². The number of rotatable bonds is 6. The fourth-order valence-electron chi connectivity index (χ4n) is 5.45. The van der Waals surface area contributed by atoms with E-state index in [1.54, 1.807) is 0 Å². The fraction of sp³-hybridized carbons (Fsp3) is 0.652. The number of fused-ring (bicyclic) bond motifs is 1. The molecule has 28 heavy (non-hydrogen) atoms. The zero-order valence-corrected chi connectivity index (χ0v) is 17.1. The lowest BCUT2D eigenvalue weighted by Crippen LogP contribution is -2.30. The Balaban J connectivity index is 1.28. The van der Waals surface area contributed by atoms with Crippen molar-refractivity contribution in [3.8, 4) is 0 Å². The molecular formula is C23H31N3O2. The number of cyclic esters (lactones) is 1. The largest absolute Gasteiger partial charge is 0.462 e. The van der Waals surface area contributed by atoms with E-state index < -0.39 is 0 Å². The average Bonchev–Trinajstić information content (AvgIpc) is 3.37. The Hall–Kier alpha value is -2.06. The van der Waals surface area contributed by atoms with Gasteiger partial charge in [0.05, 0.1) is 12.0 Å². The molecule has 3 saturated heterocycles. The fourth-order valence-corrected chi connectivity index (χ4v) is 5.45. The Bertz CT molecular complexity index is 753. The Labute approximate surface area is 168 Å². The summed E-state index contributed by atoms with van der Waals surface area (Å²) >= 11 is 0. The maximum atomic E-state index is 12.3. The van der Waals surface area contributed by atoms with Gasteiger partial charge in [0.2, 0.25) is 5.69 Å². The van der Waals surface area contributed by atoms with Crippen LogP contribution in [-0.4, -0.2) is 49.7 Å². The van der Waals surface area contributed by atoms with E-state index in [1.165, 1.54) is 0 Å². The second-order valence-electron chi connectivity index (χ2n) is 8.79. The van der Waals surface area contributed by atoms with Crippen LogP contribution in [0.3, 0.4) is 0 Å². The third kappa shape index (κ3) is 3.39. The van der Waals surface area contributed by atoms with E-state index in [1.807, 2.05) is 18.2 Å². The van der Waals surface area contributed by atoms with Crippen molar-refractivity contribution < 1.29 is 9.53 Å². The number of para-hydroxylation sites is 2. The van der Waals surface area contributed by atoms with E-state index in [9.17, 15) is 4.79 Å². The van der Waals surface area contributed by atoms with Crippen molar-refractivity contribution in [2.75, 3.05) is 37.6 Å². The molecule has 0 radical (unpaired) electrons. The number of nitrogens with zero attached hydrogens (tertiary/aromatic N) is 3. The van der Waals surface area contributed by atoms with Crippen LogP contribution in [-0.2, 0) is 9.53 Å². The van der Waals surface area contributed by atoms with Gasteiger partial charge < -0.3 is 14.5 Å². The molecule has 1 aromatic carbocycles. The molecule has 3 aliphatic rings. The van der Waals surface area contributed by atoms with E-state index in [2.05, 4.69) is 34.6 Å². The lowest BCUT2D eigenvalue weighted by Gasteiger charge is -2.24. The molecule has 0 aromatic heterocycles. The zero-order chi connectivity index (χ0) is 19.7. The highest BCUT2D eigenvalue weighted by molar-refractivity contribution is 5.79. The van der Waals surface area contributed by atoms with Crippen molar-refractivity contribution in [1.82, 2.24) is 4.90 Å². The SMILES string of the molecule is [C-]#[N+]c1ccccc1N1CC2CN(CCC3CC(CC)(CC)C(=O)O3)CC2C1. The predicted octanol–water partition coefficient (Wildman–Crippen LogP) is 4.12. The first kappa shape index (κ1) is 19.3. The minimum absolute atomic E-state index is 0.0231. The Morgan fingerprint density at radius 3 is 2.43 bits per heavy atom. The Morgan fingerprint density at radius 1 is 1.14 bits per heavy atom. The first-order chi connectivity index (χ1) is 13.6. The maximum absolute atomic E-state index is 12.3. The van der Waals surface area contributed by atoms with Crippen LogP contribution in [0.2, 0.25) is 0 Å². The maximum Gasteiger partial charge on any atom is 0.312 e. The summed E-state index contributed by atoms with van der Waals surface area (Å²) in [7, 11) is 0. The van der Waals surface area contributed by atoms with Gasteiger partial charge >= 0.3 is 5.97 Å². The molecule has 3 atom stereocenters. The smallest absolute Gasteiger partial charge is 0.312 e. The molecule has 4 rings (SSSR count). The molecule has 0 bridgehead atoms. The van der Waals surface area contributed by atoms with Crippen molar-refractivity contribution in [3.63, 3.8) is 0 Å². The molecule has 0 aliphatic carbocycles. The van der Waals surface area contributed by atoms with Gasteiger partial charge in [-0.3, -0.25) is 4.79 Å². The van der Waals surface area contributed by atoms with Crippen molar-refractivity contribution >= 4 is 17.3 Å². The molecule has 0 N–H and O–H groups in total. The Kier molecular flexibility index (Phi) is 5.33. The quantitative estimate of drug-likeness (QED) is 0.549. The standard InChI is InChI=1S/C23H31N3O2/c1-4-23(5-2)12-19(28-22(23)27)10-11-25-13-17-15-26(16-18(17)14-25)21-9-7-6-8-20(21)24-3/h6-9,17-19H,4-5,10-16H2,1-2H3. The molecule has 3 unspecified atom stereocenters. The van der Waals surface area contributed by atoms with Gasteiger partial charge in [-0.25, -0.2) is 4.85 Å². The van der Waals surface area contributed by atoms with Gasteiger partial charge in [-0.05, 0) is 37.2 Å². The molecule has 3 fully saturated rings. The van der Waals surface area contributed by atoms with Crippen LogP contribution in [0.4, 0.5) is 11.4 Å². The molecule has 0 spiro atoms. The van der Waals surface area contributed by atoms with Crippen LogP contribution in [0.1, 0.15) is 39.5 Å². The summed E-state index contributed by atoms with van der Waals surface area (Å²) in [5.74, 6) is 1.38. The molecule has 1 aromatic rings. The number of carbonyl (C=O) groups excluding carboxylic acids is 1. The predicted molar refractivity (Wildman–Crippen MR) is 110 cm³/mol. The number of hydrogen-bond donors (Lipinski definition) is 0. The number of ether oxygens (including phenoxy) is 1. The van der Waals surface area contributed by atoms with Crippen LogP contribution in [0, 0.1) is 23.8 Å². The van der Waals surface area contributed by atoms with Crippen LogP contribution in [0.25, 0.3) is 4.85 Å². The lowest BCUT2D eigenvalue weighted by molar-refractivity contribution is -0.149. The van der Waals surface area contributed by atoms with Crippen LogP contribution < -0.4 is 4.90 Å². The van der Waals surface area contributed by atoms with Gasteiger partial charge in [-0.15, -0.1) is 0 Å². The van der Waals surface area contributed by atoms with Gasteiger partial charge in [-0.2, -0.15) is 0 Å². The average molecular weight is 382 g/mol. The summed E-state index contributed by atoms with van der Waals surface area (Å²) < 4.78 is 5.71. The molecule has 3 aliphatic heterocycles. The number of carbonyl (C=O) groups is 1. The van der Waals surface area contributed by atoms with Crippen molar-refractivity contribution in [1.29, 1.82) is 0 Å². The topological polar surface area (TPSA) is 37.1 Å². The first-order valence-corrected chi connectivity index (χ1v) is 10.7. The molecule has 5 heteroatoms. The summed E-state index contributed by atoms with van der Waals surface area (Å²) in [6, 6.07) is 7.96. The highest BCUT2D eigenvalue weighted by Gasteiger charge is 2.46. The third-order valence-corrected chi connectivity index (χ3v) is 7.35. The van der Waals surface area contributed by atoms with Crippen LogP contribution >= 0.6 is 0 Å². The van der Waals surface area contributed by atoms with Gasteiger partial charge in [0, 0.05) is 44.8 Å². The normalized spacial score (nSPS) is 29.0. The molecular weight excluding hydrogens is 350 g/mol. The summed E-state index contributed by atoms with van der Waals surface area (Å²) in [6.07, 6.45) is 3.70. The van der Waals surface area contributed by atoms with Crippen molar-refractivity contribution in [2.24, 2.45) is 17.3 Å². The highest BCUT2D eigenvalue weighted by atomic mass is 16.6. The molecule has 3 heterocycles.